The summed E-state index contributed by atoms with van der Waals surface area (Å²) in [6.45, 7) is 1.02. The van der Waals surface area contributed by atoms with Crippen LogP contribution in [-0.4, -0.2) is 20.6 Å². The highest BCUT2D eigenvalue weighted by Gasteiger charge is 2.17. The molecule has 0 saturated heterocycles. The highest BCUT2D eigenvalue weighted by Crippen LogP contribution is 2.19. The molecule has 0 atom stereocenters. The molecule has 4 aromatic rings. The third kappa shape index (κ3) is 4.46. The number of nitrogen functional groups attached to an aromatic ring is 1. The molecule has 0 fully saturated rings. The van der Waals surface area contributed by atoms with Crippen molar-refractivity contribution in [3.63, 3.8) is 0 Å². The molecule has 4 rings (SSSR count). The van der Waals surface area contributed by atoms with E-state index in [0.717, 1.165) is 11.1 Å². The second kappa shape index (κ2) is 8.97. The van der Waals surface area contributed by atoms with Crippen LogP contribution in [0, 0.1) is 11.3 Å². The zero-order valence-corrected chi connectivity index (χ0v) is 16.8. The number of amides is 1. The Morgan fingerprint density at radius 3 is 1.94 bits per heavy atom. The van der Waals surface area contributed by atoms with E-state index in [4.69, 9.17) is 11.0 Å². The fraction of sp³-hybridized carbons (Fsp3) is 0.0800. The average molecular weight is 407 g/mol. The van der Waals surface area contributed by atoms with Gasteiger partial charge in [0.1, 0.15) is 17.5 Å². The molecule has 0 aliphatic carbocycles. The average Bonchev–Trinajstić information content (AvgIpc) is 3.20. The molecule has 1 heterocycles. The highest BCUT2D eigenvalue weighted by atomic mass is 16.2. The summed E-state index contributed by atoms with van der Waals surface area (Å²) in [6.07, 6.45) is 1.43. The molecule has 0 radical (unpaired) electrons. The van der Waals surface area contributed by atoms with Gasteiger partial charge in [-0.25, -0.2) is 4.68 Å². The van der Waals surface area contributed by atoms with E-state index in [1.54, 1.807) is 24.3 Å². The molecule has 0 aliphatic heterocycles. The van der Waals surface area contributed by atoms with Crippen molar-refractivity contribution in [1.82, 2.24) is 14.7 Å². The summed E-state index contributed by atoms with van der Waals surface area (Å²) in [5.74, 6) is 0.210. The van der Waals surface area contributed by atoms with Crippen LogP contribution in [0.15, 0.2) is 91.1 Å². The van der Waals surface area contributed by atoms with E-state index in [9.17, 15) is 4.79 Å². The van der Waals surface area contributed by atoms with Gasteiger partial charge in [-0.1, -0.05) is 60.7 Å². The first-order chi connectivity index (χ1) is 15.2. The van der Waals surface area contributed by atoms with Crippen LogP contribution in [0.2, 0.25) is 0 Å². The predicted molar refractivity (Wildman–Crippen MR) is 119 cm³/mol. The van der Waals surface area contributed by atoms with E-state index >= 15 is 0 Å². The Kier molecular flexibility index (Phi) is 5.77. The molecule has 1 amide bonds. The number of nitrogens with zero attached hydrogens (tertiary/aromatic N) is 4. The van der Waals surface area contributed by atoms with Gasteiger partial charge < -0.3 is 10.6 Å². The van der Waals surface area contributed by atoms with Gasteiger partial charge in [-0.15, -0.1) is 0 Å². The standard InChI is InChI=1S/C25H21N5O/c26-15-22-16-28-30(24(22)27)23-13-11-21(12-14-23)25(31)29(17-19-7-3-1-4-8-19)18-20-9-5-2-6-10-20/h1-14,16H,17-18,27H2. The monoisotopic (exact) mass is 407 g/mol. The first kappa shape index (κ1) is 19.9. The Morgan fingerprint density at radius 1 is 0.903 bits per heavy atom. The van der Waals surface area contributed by atoms with Crippen LogP contribution in [0.5, 0.6) is 0 Å². The molecule has 0 spiro atoms. The number of carbonyl (C=O) groups is 1. The van der Waals surface area contributed by atoms with Crippen molar-refractivity contribution in [2.75, 3.05) is 5.73 Å². The minimum absolute atomic E-state index is 0.0644. The number of benzene rings is 3. The van der Waals surface area contributed by atoms with Crippen LogP contribution in [0.1, 0.15) is 27.0 Å². The minimum Gasteiger partial charge on any atom is -0.382 e. The van der Waals surface area contributed by atoms with Gasteiger partial charge in [-0.2, -0.15) is 10.4 Å². The van der Waals surface area contributed by atoms with Crippen LogP contribution in [0.25, 0.3) is 5.69 Å². The number of aromatic nitrogens is 2. The highest BCUT2D eigenvalue weighted by molar-refractivity contribution is 5.94. The summed E-state index contributed by atoms with van der Waals surface area (Å²) in [4.78, 5) is 15.2. The summed E-state index contributed by atoms with van der Waals surface area (Å²) in [6, 6.07) is 29.0. The lowest BCUT2D eigenvalue weighted by atomic mass is 10.1. The fourth-order valence-corrected chi connectivity index (χ4v) is 3.38. The van der Waals surface area contributed by atoms with Gasteiger partial charge in [0.15, 0.2) is 0 Å². The van der Waals surface area contributed by atoms with Crippen LogP contribution < -0.4 is 5.73 Å². The lowest BCUT2D eigenvalue weighted by Gasteiger charge is -2.23. The van der Waals surface area contributed by atoms with Crippen molar-refractivity contribution >= 4 is 11.7 Å². The second-order valence-corrected chi connectivity index (χ2v) is 7.15. The summed E-state index contributed by atoms with van der Waals surface area (Å²) < 4.78 is 1.48. The van der Waals surface area contributed by atoms with Crippen molar-refractivity contribution in [2.45, 2.75) is 13.1 Å². The Morgan fingerprint density at radius 2 is 1.45 bits per heavy atom. The second-order valence-electron chi connectivity index (χ2n) is 7.15. The lowest BCUT2D eigenvalue weighted by Crippen LogP contribution is -2.30. The number of nitriles is 1. The number of hydrogen-bond acceptors (Lipinski definition) is 4. The van der Waals surface area contributed by atoms with Gasteiger partial charge in [0.05, 0.1) is 11.9 Å². The number of carbonyl (C=O) groups excluding carboxylic acids is 1. The fourth-order valence-electron chi connectivity index (χ4n) is 3.38. The molecule has 0 bridgehead atoms. The maximum absolute atomic E-state index is 13.4. The van der Waals surface area contributed by atoms with Crippen molar-refractivity contribution in [2.24, 2.45) is 0 Å². The van der Waals surface area contributed by atoms with Gasteiger partial charge in [0, 0.05) is 18.7 Å². The topological polar surface area (TPSA) is 87.9 Å². The lowest BCUT2D eigenvalue weighted by molar-refractivity contribution is 0.0730. The maximum atomic E-state index is 13.4. The minimum atomic E-state index is -0.0644. The van der Waals surface area contributed by atoms with Crippen LogP contribution >= 0.6 is 0 Å². The smallest absolute Gasteiger partial charge is 0.254 e. The molecule has 3 aromatic carbocycles. The SMILES string of the molecule is N#Cc1cnn(-c2ccc(C(=O)N(Cc3ccccc3)Cc3ccccc3)cc2)c1N. The Bertz CT molecular complexity index is 1170. The Balaban J connectivity index is 1.59. The zero-order chi connectivity index (χ0) is 21.6. The van der Waals surface area contributed by atoms with E-state index in [0.29, 0.717) is 29.9 Å². The molecule has 0 unspecified atom stereocenters. The molecule has 31 heavy (non-hydrogen) atoms. The van der Waals surface area contributed by atoms with E-state index in [-0.39, 0.29) is 11.7 Å². The van der Waals surface area contributed by atoms with Crippen molar-refractivity contribution in [3.05, 3.63) is 113 Å². The first-order valence-electron chi connectivity index (χ1n) is 9.87. The largest absolute Gasteiger partial charge is 0.382 e. The van der Waals surface area contributed by atoms with Gasteiger partial charge in [-0.3, -0.25) is 4.79 Å². The number of anilines is 1. The number of hydrogen-bond donors (Lipinski definition) is 1. The molecule has 6 heteroatoms. The molecule has 152 valence electrons. The predicted octanol–water partition coefficient (Wildman–Crippen LogP) is 4.17. The zero-order valence-electron chi connectivity index (χ0n) is 16.8. The van der Waals surface area contributed by atoms with Gasteiger partial charge >= 0.3 is 0 Å². The molecular weight excluding hydrogens is 386 g/mol. The maximum Gasteiger partial charge on any atom is 0.254 e. The molecule has 6 nitrogen and oxygen atoms in total. The van der Waals surface area contributed by atoms with Crippen molar-refractivity contribution in [1.29, 1.82) is 5.26 Å². The summed E-state index contributed by atoms with van der Waals surface area (Å²) >= 11 is 0. The number of rotatable bonds is 6. The number of nitrogens with two attached hydrogens (primary N) is 1. The normalized spacial score (nSPS) is 10.4. The van der Waals surface area contributed by atoms with E-state index < -0.39 is 0 Å². The molecule has 1 aromatic heterocycles. The van der Waals surface area contributed by atoms with Crippen LogP contribution in [0.4, 0.5) is 5.82 Å². The Labute approximate surface area is 180 Å². The molecule has 2 N–H and O–H groups in total. The summed E-state index contributed by atoms with van der Waals surface area (Å²) in [5, 5.41) is 13.2. The van der Waals surface area contributed by atoms with Crippen molar-refractivity contribution < 1.29 is 4.79 Å². The summed E-state index contributed by atoms with van der Waals surface area (Å²) in [5.41, 5.74) is 9.68. The third-order valence-electron chi connectivity index (χ3n) is 5.01. The van der Waals surface area contributed by atoms with E-state index in [2.05, 4.69) is 5.10 Å². The molecule has 0 saturated carbocycles. The van der Waals surface area contributed by atoms with Gasteiger partial charge in [0.25, 0.3) is 5.91 Å². The quantitative estimate of drug-likeness (QED) is 0.520. The third-order valence-corrected chi connectivity index (χ3v) is 5.01. The summed E-state index contributed by atoms with van der Waals surface area (Å²) in [7, 11) is 0. The van der Waals surface area contributed by atoms with E-state index in [1.165, 1.54) is 10.9 Å². The molecular formula is C25H21N5O. The van der Waals surface area contributed by atoms with Gasteiger partial charge in [-0.05, 0) is 35.4 Å². The Hall–Kier alpha value is -4.37. The van der Waals surface area contributed by atoms with Crippen molar-refractivity contribution in [3.8, 4) is 11.8 Å². The molecule has 0 aliphatic rings. The van der Waals surface area contributed by atoms with Crippen LogP contribution in [-0.2, 0) is 13.1 Å². The van der Waals surface area contributed by atoms with E-state index in [1.807, 2.05) is 71.6 Å². The first-order valence-corrected chi connectivity index (χ1v) is 9.87. The van der Waals surface area contributed by atoms with Crippen LogP contribution in [0.3, 0.4) is 0 Å². The van der Waals surface area contributed by atoms with Gasteiger partial charge in [0.2, 0.25) is 0 Å².